The third-order valence-corrected chi connectivity index (χ3v) is 4.59. The Balaban J connectivity index is 2.09. The van der Waals surface area contributed by atoms with Gasteiger partial charge in [0.25, 0.3) is 5.69 Å². The number of nitro groups is 1. The zero-order valence-corrected chi connectivity index (χ0v) is 13.3. The van der Waals surface area contributed by atoms with E-state index >= 15 is 0 Å². The molecular formula is C15H23N3O2S. The highest BCUT2D eigenvalue weighted by molar-refractivity contribution is 7.99. The summed E-state index contributed by atoms with van der Waals surface area (Å²) in [5.74, 6) is 2.37. The second-order valence-electron chi connectivity index (χ2n) is 5.28. The van der Waals surface area contributed by atoms with Crippen molar-refractivity contribution in [3.63, 3.8) is 0 Å². The summed E-state index contributed by atoms with van der Waals surface area (Å²) < 4.78 is 0. The topological polar surface area (TPSA) is 58.4 Å². The molecule has 0 bridgehead atoms. The molecule has 0 spiro atoms. The monoisotopic (exact) mass is 309 g/mol. The average molecular weight is 309 g/mol. The number of rotatable bonds is 6. The van der Waals surface area contributed by atoms with Gasteiger partial charge in [-0.05, 0) is 36.8 Å². The highest BCUT2D eigenvalue weighted by atomic mass is 32.2. The first-order valence-corrected chi connectivity index (χ1v) is 8.67. The number of hydrogen-bond donors (Lipinski definition) is 1. The summed E-state index contributed by atoms with van der Waals surface area (Å²) in [6, 6.07) is 5.56. The number of nitro benzene ring substituents is 1. The van der Waals surface area contributed by atoms with Gasteiger partial charge in [0.1, 0.15) is 5.69 Å². The molecular weight excluding hydrogens is 286 g/mol. The minimum absolute atomic E-state index is 0.185. The molecule has 1 saturated heterocycles. The van der Waals surface area contributed by atoms with Gasteiger partial charge in [-0.3, -0.25) is 15.0 Å². The third kappa shape index (κ3) is 4.89. The van der Waals surface area contributed by atoms with Crippen LogP contribution in [0.5, 0.6) is 0 Å². The van der Waals surface area contributed by atoms with Gasteiger partial charge in [-0.1, -0.05) is 13.0 Å². The highest BCUT2D eigenvalue weighted by Gasteiger charge is 2.16. The average Bonchev–Trinajstić information content (AvgIpc) is 2.74. The molecule has 1 aliphatic rings. The maximum Gasteiger partial charge on any atom is 0.292 e. The molecule has 1 aliphatic heterocycles. The van der Waals surface area contributed by atoms with Crippen LogP contribution in [0.1, 0.15) is 25.3 Å². The Bertz CT molecular complexity index is 474. The molecule has 116 valence electrons. The van der Waals surface area contributed by atoms with E-state index in [0.29, 0.717) is 5.69 Å². The zero-order chi connectivity index (χ0) is 15.1. The Kier molecular flexibility index (Phi) is 6.32. The van der Waals surface area contributed by atoms with Crippen LogP contribution in [0.4, 0.5) is 11.4 Å². The lowest BCUT2D eigenvalue weighted by molar-refractivity contribution is -0.384. The maximum atomic E-state index is 11.2. The number of thioether (sulfide) groups is 1. The van der Waals surface area contributed by atoms with Crippen molar-refractivity contribution in [3.8, 4) is 0 Å². The fourth-order valence-electron chi connectivity index (χ4n) is 2.45. The quantitative estimate of drug-likeness (QED) is 0.645. The van der Waals surface area contributed by atoms with Crippen LogP contribution in [0.2, 0.25) is 0 Å². The molecule has 5 nitrogen and oxygen atoms in total. The summed E-state index contributed by atoms with van der Waals surface area (Å²) >= 11 is 1.99. The molecule has 0 saturated carbocycles. The summed E-state index contributed by atoms with van der Waals surface area (Å²) in [6.07, 6.45) is 2.15. The van der Waals surface area contributed by atoms with E-state index in [-0.39, 0.29) is 10.6 Å². The molecule has 1 aromatic rings. The predicted molar refractivity (Wildman–Crippen MR) is 89.1 cm³/mol. The molecule has 21 heavy (non-hydrogen) atoms. The van der Waals surface area contributed by atoms with E-state index in [0.717, 1.165) is 43.9 Å². The first-order chi connectivity index (χ1) is 10.2. The summed E-state index contributed by atoms with van der Waals surface area (Å²) in [7, 11) is 0. The first kappa shape index (κ1) is 16.1. The van der Waals surface area contributed by atoms with E-state index in [2.05, 4.69) is 10.2 Å². The molecule has 6 heteroatoms. The van der Waals surface area contributed by atoms with Gasteiger partial charge >= 0.3 is 0 Å². The van der Waals surface area contributed by atoms with Crippen molar-refractivity contribution in [2.75, 3.05) is 36.5 Å². The van der Waals surface area contributed by atoms with E-state index in [9.17, 15) is 10.1 Å². The van der Waals surface area contributed by atoms with E-state index in [1.807, 2.05) is 30.8 Å². The van der Waals surface area contributed by atoms with Crippen LogP contribution >= 0.6 is 11.8 Å². The normalized spacial score (nSPS) is 16.4. The first-order valence-electron chi connectivity index (χ1n) is 7.52. The summed E-state index contributed by atoms with van der Waals surface area (Å²) in [5, 5.41) is 14.4. The number of anilines is 1. The summed E-state index contributed by atoms with van der Waals surface area (Å²) in [6.45, 7) is 5.74. The van der Waals surface area contributed by atoms with Gasteiger partial charge in [-0.25, -0.2) is 0 Å². The smallest absolute Gasteiger partial charge is 0.292 e. The van der Waals surface area contributed by atoms with E-state index in [1.54, 1.807) is 6.07 Å². The van der Waals surface area contributed by atoms with Crippen LogP contribution in [-0.2, 0) is 6.54 Å². The number of hydrogen-bond acceptors (Lipinski definition) is 5. The summed E-state index contributed by atoms with van der Waals surface area (Å²) in [4.78, 5) is 13.3. The third-order valence-electron chi connectivity index (χ3n) is 3.55. The van der Waals surface area contributed by atoms with Gasteiger partial charge in [0, 0.05) is 31.5 Å². The van der Waals surface area contributed by atoms with Crippen molar-refractivity contribution in [3.05, 3.63) is 33.9 Å². The minimum Gasteiger partial charge on any atom is -0.380 e. The van der Waals surface area contributed by atoms with E-state index in [4.69, 9.17) is 0 Å². The van der Waals surface area contributed by atoms with Crippen LogP contribution in [0.15, 0.2) is 18.2 Å². The fraction of sp³-hybridized carbons (Fsp3) is 0.600. The van der Waals surface area contributed by atoms with Crippen molar-refractivity contribution >= 4 is 23.1 Å². The van der Waals surface area contributed by atoms with Crippen LogP contribution in [-0.4, -0.2) is 41.0 Å². The number of nitrogens with one attached hydrogen (secondary N) is 1. The molecule has 0 radical (unpaired) electrons. The van der Waals surface area contributed by atoms with Gasteiger partial charge in [-0.2, -0.15) is 11.8 Å². The van der Waals surface area contributed by atoms with Crippen molar-refractivity contribution in [2.24, 2.45) is 0 Å². The van der Waals surface area contributed by atoms with Crippen LogP contribution in [0, 0.1) is 10.1 Å². The standard InChI is InChI=1S/C15H23N3O2S/c1-2-6-16-14-5-4-13(11-15(14)18(19)20)12-17-7-3-9-21-10-8-17/h4-5,11,16H,2-3,6-10,12H2,1H3. The van der Waals surface area contributed by atoms with Crippen LogP contribution < -0.4 is 5.32 Å². The lowest BCUT2D eigenvalue weighted by Gasteiger charge is -2.19. The lowest BCUT2D eigenvalue weighted by atomic mass is 10.1. The van der Waals surface area contributed by atoms with E-state index < -0.39 is 0 Å². The minimum atomic E-state index is -0.292. The largest absolute Gasteiger partial charge is 0.380 e. The summed E-state index contributed by atoms with van der Waals surface area (Å²) in [5.41, 5.74) is 1.83. The molecule has 0 atom stereocenters. The highest BCUT2D eigenvalue weighted by Crippen LogP contribution is 2.26. The molecule has 0 aromatic heterocycles. The molecule has 1 heterocycles. The van der Waals surface area contributed by atoms with Gasteiger partial charge in [-0.15, -0.1) is 0 Å². The second-order valence-corrected chi connectivity index (χ2v) is 6.50. The van der Waals surface area contributed by atoms with Gasteiger partial charge in [0.05, 0.1) is 4.92 Å². The molecule has 0 amide bonds. The molecule has 1 fully saturated rings. The predicted octanol–water partition coefficient (Wildman–Crippen LogP) is 3.36. The molecule has 2 rings (SSSR count). The van der Waals surface area contributed by atoms with E-state index in [1.165, 1.54) is 12.2 Å². The second kappa shape index (κ2) is 8.24. The van der Waals surface area contributed by atoms with Crippen molar-refractivity contribution in [1.82, 2.24) is 4.90 Å². The molecule has 1 N–H and O–H groups in total. The Morgan fingerprint density at radius 1 is 1.38 bits per heavy atom. The maximum absolute atomic E-state index is 11.2. The van der Waals surface area contributed by atoms with Crippen molar-refractivity contribution in [2.45, 2.75) is 26.3 Å². The van der Waals surface area contributed by atoms with Crippen LogP contribution in [0.25, 0.3) is 0 Å². The zero-order valence-electron chi connectivity index (χ0n) is 12.5. The molecule has 1 aromatic carbocycles. The van der Waals surface area contributed by atoms with Gasteiger partial charge < -0.3 is 5.32 Å². The SMILES string of the molecule is CCCNc1ccc(CN2CCCSCC2)cc1[N+](=O)[O-]. The molecule has 0 aliphatic carbocycles. The van der Waals surface area contributed by atoms with Gasteiger partial charge in [0.15, 0.2) is 0 Å². The Hall–Kier alpha value is -1.27. The Morgan fingerprint density at radius 3 is 3.00 bits per heavy atom. The Labute approximate surface area is 130 Å². The van der Waals surface area contributed by atoms with Gasteiger partial charge in [0.2, 0.25) is 0 Å². The van der Waals surface area contributed by atoms with Crippen molar-refractivity contribution < 1.29 is 4.92 Å². The van der Waals surface area contributed by atoms with Crippen LogP contribution in [0.3, 0.4) is 0 Å². The number of nitrogens with zero attached hydrogens (tertiary/aromatic N) is 2. The fourth-order valence-corrected chi connectivity index (χ4v) is 3.37. The lowest BCUT2D eigenvalue weighted by Crippen LogP contribution is -2.25. The molecule has 0 unspecified atom stereocenters. The Morgan fingerprint density at radius 2 is 2.24 bits per heavy atom. The number of benzene rings is 1. The van der Waals surface area contributed by atoms with Crippen molar-refractivity contribution in [1.29, 1.82) is 0 Å².